The second kappa shape index (κ2) is 6.43. The first kappa shape index (κ1) is 15.1. The van der Waals surface area contributed by atoms with Gasteiger partial charge in [-0.2, -0.15) is 0 Å². The van der Waals surface area contributed by atoms with E-state index in [2.05, 4.69) is 17.6 Å². The molecule has 3 N–H and O–H groups in total. The van der Waals surface area contributed by atoms with Crippen molar-refractivity contribution >= 4 is 12.0 Å². The van der Waals surface area contributed by atoms with Crippen LogP contribution in [-0.4, -0.2) is 41.9 Å². The number of rotatable bonds is 3. The second-order valence-corrected chi connectivity index (χ2v) is 6.08. The van der Waals surface area contributed by atoms with Gasteiger partial charge in [0.25, 0.3) is 0 Å². The normalized spacial score (nSPS) is 34.2. The highest BCUT2D eigenvalue weighted by Gasteiger charge is 2.42. The van der Waals surface area contributed by atoms with E-state index < -0.39 is 17.5 Å². The van der Waals surface area contributed by atoms with Crippen LogP contribution in [0.2, 0.25) is 0 Å². The fourth-order valence-corrected chi connectivity index (χ4v) is 2.94. The Kier molecular flexibility index (Phi) is 4.86. The van der Waals surface area contributed by atoms with Crippen molar-refractivity contribution in [2.75, 3.05) is 13.2 Å². The van der Waals surface area contributed by atoms with Crippen molar-refractivity contribution < 1.29 is 19.4 Å². The summed E-state index contributed by atoms with van der Waals surface area (Å²) in [6, 6.07) is -0.408. The van der Waals surface area contributed by atoms with Gasteiger partial charge in [0, 0.05) is 6.61 Å². The van der Waals surface area contributed by atoms with Crippen LogP contribution < -0.4 is 10.6 Å². The van der Waals surface area contributed by atoms with E-state index in [1.165, 1.54) is 0 Å². The molecule has 1 atom stereocenters. The predicted octanol–water partition coefficient (Wildman–Crippen LogP) is 1.50. The molecule has 2 fully saturated rings. The molecule has 1 saturated heterocycles. The van der Waals surface area contributed by atoms with Gasteiger partial charge in [-0.15, -0.1) is 0 Å². The Morgan fingerprint density at radius 1 is 1.25 bits per heavy atom. The van der Waals surface area contributed by atoms with Crippen molar-refractivity contribution in [3.05, 3.63) is 0 Å². The lowest BCUT2D eigenvalue weighted by atomic mass is 9.77. The Morgan fingerprint density at radius 2 is 1.95 bits per heavy atom. The van der Waals surface area contributed by atoms with E-state index in [4.69, 9.17) is 4.74 Å². The van der Waals surface area contributed by atoms with Crippen LogP contribution in [0.4, 0.5) is 4.79 Å². The van der Waals surface area contributed by atoms with E-state index in [9.17, 15) is 14.7 Å². The molecule has 6 heteroatoms. The van der Waals surface area contributed by atoms with Gasteiger partial charge in [0.2, 0.25) is 0 Å². The topological polar surface area (TPSA) is 87.7 Å². The fraction of sp³-hybridized carbons (Fsp3) is 0.857. The standard InChI is InChI=1S/C14H24N2O4/c1-10-4-6-14(7-5-10,12(17)18)16-13(19)15-11-3-2-8-20-9-11/h10-11H,2-9H2,1H3,(H,17,18)(H2,15,16,19). The van der Waals surface area contributed by atoms with Crippen molar-refractivity contribution in [3.63, 3.8) is 0 Å². The lowest BCUT2D eigenvalue weighted by molar-refractivity contribution is -0.146. The van der Waals surface area contributed by atoms with Gasteiger partial charge >= 0.3 is 12.0 Å². The molecule has 2 amide bonds. The largest absolute Gasteiger partial charge is 0.480 e. The Labute approximate surface area is 119 Å². The first-order valence-corrected chi connectivity index (χ1v) is 7.42. The molecule has 1 heterocycles. The van der Waals surface area contributed by atoms with Crippen molar-refractivity contribution in [3.8, 4) is 0 Å². The summed E-state index contributed by atoms with van der Waals surface area (Å²) in [5.41, 5.74) is -1.11. The summed E-state index contributed by atoms with van der Waals surface area (Å²) in [6.45, 7) is 3.35. The van der Waals surface area contributed by atoms with Crippen LogP contribution in [0, 0.1) is 5.92 Å². The van der Waals surface area contributed by atoms with Gasteiger partial charge in [0.15, 0.2) is 0 Å². The summed E-state index contributed by atoms with van der Waals surface area (Å²) in [6.07, 6.45) is 4.46. The maximum absolute atomic E-state index is 12.0. The van der Waals surface area contributed by atoms with E-state index in [0.29, 0.717) is 25.4 Å². The van der Waals surface area contributed by atoms with Crippen molar-refractivity contribution in [1.82, 2.24) is 10.6 Å². The van der Waals surface area contributed by atoms with Gasteiger partial charge < -0.3 is 20.5 Å². The van der Waals surface area contributed by atoms with Gasteiger partial charge in [0.05, 0.1) is 12.6 Å². The number of aliphatic carboxylic acids is 1. The Morgan fingerprint density at radius 3 is 2.50 bits per heavy atom. The minimum Gasteiger partial charge on any atom is -0.480 e. The fourth-order valence-electron chi connectivity index (χ4n) is 2.94. The lowest BCUT2D eigenvalue weighted by Crippen LogP contribution is -2.60. The number of carbonyl (C=O) groups excluding carboxylic acids is 1. The third-order valence-electron chi connectivity index (χ3n) is 4.39. The monoisotopic (exact) mass is 284 g/mol. The van der Waals surface area contributed by atoms with E-state index in [1.807, 2.05) is 0 Å². The summed E-state index contributed by atoms with van der Waals surface area (Å²) >= 11 is 0. The van der Waals surface area contributed by atoms with Gasteiger partial charge in [-0.25, -0.2) is 9.59 Å². The zero-order valence-electron chi connectivity index (χ0n) is 12.0. The minimum atomic E-state index is -1.11. The van der Waals surface area contributed by atoms with Crippen LogP contribution in [0.5, 0.6) is 0 Å². The zero-order chi connectivity index (χ0) is 14.6. The molecule has 0 bridgehead atoms. The maximum Gasteiger partial charge on any atom is 0.329 e. The average Bonchev–Trinajstić information content (AvgIpc) is 2.42. The van der Waals surface area contributed by atoms with Crippen molar-refractivity contribution in [1.29, 1.82) is 0 Å². The van der Waals surface area contributed by atoms with Crippen LogP contribution in [0.1, 0.15) is 45.4 Å². The van der Waals surface area contributed by atoms with Crippen LogP contribution in [0.3, 0.4) is 0 Å². The second-order valence-electron chi connectivity index (χ2n) is 6.08. The summed E-state index contributed by atoms with van der Waals surface area (Å²) < 4.78 is 5.30. The molecule has 1 unspecified atom stereocenters. The molecule has 2 rings (SSSR count). The Balaban J connectivity index is 1.90. The van der Waals surface area contributed by atoms with Gasteiger partial charge in [-0.1, -0.05) is 6.92 Å². The van der Waals surface area contributed by atoms with E-state index in [-0.39, 0.29) is 6.04 Å². The number of carboxylic acid groups (broad SMARTS) is 1. The maximum atomic E-state index is 12.0. The van der Waals surface area contributed by atoms with Crippen LogP contribution >= 0.6 is 0 Å². The zero-order valence-corrected chi connectivity index (χ0v) is 12.0. The lowest BCUT2D eigenvalue weighted by Gasteiger charge is -2.37. The Bertz CT molecular complexity index is 358. The van der Waals surface area contributed by atoms with Crippen LogP contribution in [0.15, 0.2) is 0 Å². The molecule has 0 radical (unpaired) electrons. The summed E-state index contributed by atoms with van der Waals surface area (Å²) in [7, 11) is 0. The molecule has 20 heavy (non-hydrogen) atoms. The summed E-state index contributed by atoms with van der Waals surface area (Å²) in [4.78, 5) is 23.6. The molecule has 1 saturated carbocycles. The SMILES string of the molecule is CC1CCC(NC(=O)NC2CCCOC2)(C(=O)O)CC1. The molecular weight excluding hydrogens is 260 g/mol. The third-order valence-corrected chi connectivity index (χ3v) is 4.39. The molecule has 1 aliphatic heterocycles. The van der Waals surface area contributed by atoms with Crippen molar-refractivity contribution in [2.45, 2.75) is 57.0 Å². The van der Waals surface area contributed by atoms with E-state index in [0.717, 1.165) is 32.3 Å². The molecule has 0 aromatic heterocycles. The highest BCUT2D eigenvalue weighted by Crippen LogP contribution is 2.32. The minimum absolute atomic E-state index is 0.0166. The number of ether oxygens (including phenoxy) is 1. The number of nitrogens with one attached hydrogen (secondary N) is 2. The summed E-state index contributed by atoms with van der Waals surface area (Å²) in [5, 5.41) is 15.0. The molecule has 114 valence electrons. The van der Waals surface area contributed by atoms with Gasteiger partial charge in [0.1, 0.15) is 5.54 Å². The molecule has 1 aliphatic carbocycles. The number of amides is 2. The molecule has 0 aromatic carbocycles. The molecule has 0 spiro atoms. The van der Waals surface area contributed by atoms with Gasteiger partial charge in [-0.05, 0) is 44.4 Å². The van der Waals surface area contributed by atoms with Crippen LogP contribution in [-0.2, 0) is 9.53 Å². The summed E-state index contributed by atoms with van der Waals surface area (Å²) in [5.74, 6) is -0.404. The van der Waals surface area contributed by atoms with E-state index in [1.54, 1.807) is 0 Å². The number of hydrogen-bond donors (Lipinski definition) is 3. The van der Waals surface area contributed by atoms with Gasteiger partial charge in [-0.3, -0.25) is 0 Å². The van der Waals surface area contributed by atoms with E-state index >= 15 is 0 Å². The Hall–Kier alpha value is -1.30. The highest BCUT2D eigenvalue weighted by molar-refractivity contribution is 5.86. The first-order valence-electron chi connectivity index (χ1n) is 7.42. The number of urea groups is 1. The molecule has 0 aromatic rings. The average molecular weight is 284 g/mol. The molecule has 2 aliphatic rings. The highest BCUT2D eigenvalue weighted by atomic mass is 16.5. The predicted molar refractivity (Wildman–Crippen MR) is 73.5 cm³/mol. The molecule has 6 nitrogen and oxygen atoms in total. The third kappa shape index (κ3) is 3.62. The number of carbonyl (C=O) groups is 2. The number of carboxylic acids is 1. The first-order chi connectivity index (χ1) is 9.52. The smallest absolute Gasteiger partial charge is 0.329 e. The van der Waals surface area contributed by atoms with Crippen molar-refractivity contribution in [2.24, 2.45) is 5.92 Å². The molecular formula is C14H24N2O4. The van der Waals surface area contributed by atoms with Crippen LogP contribution in [0.25, 0.3) is 0 Å². The quantitative estimate of drug-likeness (QED) is 0.733. The number of hydrogen-bond acceptors (Lipinski definition) is 3.